The van der Waals surface area contributed by atoms with Crippen LogP contribution in [0.4, 0.5) is 10.1 Å². The van der Waals surface area contributed by atoms with Crippen molar-refractivity contribution < 1.29 is 4.39 Å². The van der Waals surface area contributed by atoms with Crippen LogP contribution in [0.3, 0.4) is 0 Å². The minimum Gasteiger partial charge on any atom is -0.374 e. The van der Waals surface area contributed by atoms with Gasteiger partial charge in [-0.2, -0.15) is 0 Å². The number of nitrogens with zero attached hydrogens (tertiary/aromatic N) is 1. The second kappa shape index (κ2) is 6.90. The Morgan fingerprint density at radius 3 is 2.53 bits per heavy atom. The van der Waals surface area contributed by atoms with E-state index in [0.717, 1.165) is 37.3 Å². The first-order valence-electron chi connectivity index (χ1n) is 7.04. The Balaban J connectivity index is 2.86. The van der Waals surface area contributed by atoms with Gasteiger partial charge in [-0.05, 0) is 42.1 Å². The van der Waals surface area contributed by atoms with Gasteiger partial charge in [-0.25, -0.2) is 4.39 Å². The number of hydrogen-bond acceptors (Lipinski definition) is 2. The SMILES string of the molecule is CCCNCc1cc(F)ccc1N(C)CC(C)(C)C. The maximum atomic E-state index is 13.4. The van der Waals surface area contributed by atoms with Crippen LogP contribution >= 0.6 is 0 Å². The molecule has 0 saturated carbocycles. The highest BCUT2D eigenvalue weighted by Crippen LogP contribution is 2.24. The van der Waals surface area contributed by atoms with E-state index in [-0.39, 0.29) is 11.2 Å². The first-order chi connectivity index (χ1) is 8.83. The van der Waals surface area contributed by atoms with Crippen molar-refractivity contribution in [1.82, 2.24) is 5.32 Å². The second-order valence-electron chi connectivity index (χ2n) is 6.37. The number of rotatable bonds is 6. The van der Waals surface area contributed by atoms with E-state index in [2.05, 4.69) is 45.0 Å². The Bertz CT molecular complexity index is 396. The topological polar surface area (TPSA) is 15.3 Å². The van der Waals surface area contributed by atoms with Crippen molar-refractivity contribution in [3.63, 3.8) is 0 Å². The molecule has 0 bridgehead atoms. The molecule has 2 nitrogen and oxygen atoms in total. The van der Waals surface area contributed by atoms with E-state index in [1.807, 2.05) is 6.07 Å². The van der Waals surface area contributed by atoms with Gasteiger partial charge in [-0.3, -0.25) is 0 Å². The van der Waals surface area contributed by atoms with Gasteiger partial charge in [0, 0.05) is 25.8 Å². The summed E-state index contributed by atoms with van der Waals surface area (Å²) in [4.78, 5) is 2.21. The lowest BCUT2D eigenvalue weighted by Crippen LogP contribution is -2.30. The van der Waals surface area contributed by atoms with Crippen molar-refractivity contribution in [2.24, 2.45) is 5.41 Å². The van der Waals surface area contributed by atoms with Crippen LogP contribution in [0.5, 0.6) is 0 Å². The molecule has 0 saturated heterocycles. The molecule has 0 aliphatic carbocycles. The summed E-state index contributed by atoms with van der Waals surface area (Å²) >= 11 is 0. The van der Waals surface area contributed by atoms with Gasteiger partial charge in [0.25, 0.3) is 0 Å². The van der Waals surface area contributed by atoms with Crippen LogP contribution in [-0.4, -0.2) is 20.1 Å². The highest BCUT2D eigenvalue weighted by atomic mass is 19.1. The Hall–Kier alpha value is -1.09. The van der Waals surface area contributed by atoms with Gasteiger partial charge in [-0.1, -0.05) is 27.7 Å². The van der Waals surface area contributed by atoms with E-state index in [4.69, 9.17) is 0 Å². The minimum atomic E-state index is -0.166. The molecular weight excluding hydrogens is 239 g/mol. The van der Waals surface area contributed by atoms with Gasteiger partial charge in [0.1, 0.15) is 5.82 Å². The molecule has 0 heterocycles. The van der Waals surface area contributed by atoms with E-state index < -0.39 is 0 Å². The van der Waals surface area contributed by atoms with Gasteiger partial charge in [0.2, 0.25) is 0 Å². The molecule has 108 valence electrons. The molecule has 0 radical (unpaired) electrons. The molecule has 0 fully saturated rings. The maximum Gasteiger partial charge on any atom is 0.123 e. The van der Waals surface area contributed by atoms with Crippen LogP contribution in [0.1, 0.15) is 39.7 Å². The molecule has 3 heteroatoms. The van der Waals surface area contributed by atoms with Gasteiger partial charge < -0.3 is 10.2 Å². The fourth-order valence-corrected chi connectivity index (χ4v) is 2.26. The van der Waals surface area contributed by atoms with Gasteiger partial charge in [-0.15, -0.1) is 0 Å². The van der Waals surface area contributed by atoms with Crippen molar-refractivity contribution in [1.29, 1.82) is 0 Å². The third-order valence-corrected chi connectivity index (χ3v) is 2.91. The summed E-state index contributed by atoms with van der Waals surface area (Å²) in [6.45, 7) is 11.4. The smallest absolute Gasteiger partial charge is 0.123 e. The molecule has 0 aliphatic rings. The summed E-state index contributed by atoms with van der Waals surface area (Å²) in [6.07, 6.45) is 1.09. The van der Waals surface area contributed by atoms with Crippen molar-refractivity contribution in [3.05, 3.63) is 29.6 Å². The number of nitrogens with one attached hydrogen (secondary N) is 1. The molecule has 1 aromatic rings. The summed E-state index contributed by atoms with van der Waals surface area (Å²) in [7, 11) is 2.07. The number of halogens is 1. The largest absolute Gasteiger partial charge is 0.374 e. The Kier molecular flexibility index (Phi) is 5.80. The van der Waals surface area contributed by atoms with E-state index in [1.54, 1.807) is 6.07 Å². The molecule has 0 aromatic heterocycles. The molecule has 0 aliphatic heterocycles. The summed E-state index contributed by atoms with van der Waals surface area (Å²) in [5.74, 6) is -0.166. The lowest BCUT2D eigenvalue weighted by molar-refractivity contribution is 0.418. The minimum absolute atomic E-state index is 0.166. The molecule has 0 atom stereocenters. The van der Waals surface area contributed by atoms with Crippen LogP contribution in [-0.2, 0) is 6.54 Å². The molecule has 0 amide bonds. The highest BCUT2D eigenvalue weighted by molar-refractivity contribution is 5.53. The monoisotopic (exact) mass is 266 g/mol. The van der Waals surface area contributed by atoms with Crippen LogP contribution in [0.25, 0.3) is 0 Å². The molecular formula is C16H27FN2. The van der Waals surface area contributed by atoms with Crippen LogP contribution in [0, 0.1) is 11.2 Å². The van der Waals surface area contributed by atoms with E-state index >= 15 is 0 Å². The predicted molar refractivity (Wildman–Crippen MR) is 81.1 cm³/mol. The van der Waals surface area contributed by atoms with Crippen molar-refractivity contribution in [2.45, 2.75) is 40.7 Å². The molecule has 0 spiro atoms. The van der Waals surface area contributed by atoms with E-state index in [1.165, 1.54) is 6.07 Å². The second-order valence-corrected chi connectivity index (χ2v) is 6.37. The van der Waals surface area contributed by atoms with Gasteiger partial charge >= 0.3 is 0 Å². The summed E-state index contributed by atoms with van der Waals surface area (Å²) in [5, 5.41) is 3.34. The normalized spacial score (nSPS) is 11.7. The molecule has 1 aromatic carbocycles. The maximum absolute atomic E-state index is 13.4. The molecule has 0 unspecified atom stereocenters. The Morgan fingerprint density at radius 1 is 1.26 bits per heavy atom. The zero-order valence-electron chi connectivity index (χ0n) is 12.9. The van der Waals surface area contributed by atoms with Crippen molar-refractivity contribution in [3.8, 4) is 0 Å². The fourth-order valence-electron chi connectivity index (χ4n) is 2.26. The van der Waals surface area contributed by atoms with Gasteiger partial charge in [0.05, 0.1) is 0 Å². The standard InChI is InChI=1S/C16H27FN2/c1-6-9-18-11-13-10-14(17)7-8-15(13)19(5)12-16(2,3)4/h7-8,10,18H,6,9,11-12H2,1-5H3. The van der Waals surface area contributed by atoms with E-state index in [9.17, 15) is 4.39 Å². The van der Waals surface area contributed by atoms with Crippen molar-refractivity contribution in [2.75, 3.05) is 25.0 Å². The molecule has 1 N–H and O–H groups in total. The first-order valence-corrected chi connectivity index (χ1v) is 7.04. The quantitative estimate of drug-likeness (QED) is 0.788. The van der Waals surface area contributed by atoms with Crippen LogP contribution < -0.4 is 10.2 Å². The zero-order valence-corrected chi connectivity index (χ0v) is 12.9. The average molecular weight is 266 g/mol. The summed E-state index contributed by atoms with van der Waals surface area (Å²) in [5.41, 5.74) is 2.36. The Labute approximate surface area is 117 Å². The van der Waals surface area contributed by atoms with Crippen LogP contribution in [0.15, 0.2) is 18.2 Å². The Morgan fingerprint density at radius 2 is 1.95 bits per heavy atom. The highest BCUT2D eigenvalue weighted by Gasteiger charge is 2.16. The summed E-state index contributed by atoms with van der Waals surface area (Å²) in [6, 6.07) is 5.05. The zero-order chi connectivity index (χ0) is 14.5. The predicted octanol–water partition coefficient (Wildman–Crippen LogP) is 3.81. The molecule has 1 rings (SSSR count). The number of benzene rings is 1. The number of hydrogen-bond donors (Lipinski definition) is 1. The summed E-state index contributed by atoms with van der Waals surface area (Å²) < 4.78 is 13.4. The van der Waals surface area contributed by atoms with Gasteiger partial charge in [0.15, 0.2) is 0 Å². The molecule has 19 heavy (non-hydrogen) atoms. The average Bonchev–Trinajstić information content (AvgIpc) is 2.27. The number of anilines is 1. The lowest BCUT2D eigenvalue weighted by Gasteiger charge is -2.30. The third-order valence-electron chi connectivity index (χ3n) is 2.91. The fraction of sp³-hybridized carbons (Fsp3) is 0.625. The third kappa shape index (κ3) is 5.60. The van der Waals surface area contributed by atoms with Crippen LogP contribution in [0.2, 0.25) is 0 Å². The van der Waals surface area contributed by atoms with Crippen molar-refractivity contribution >= 4 is 5.69 Å². The lowest BCUT2D eigenvalue weighted by atomic mass is 9.95. The van der Waals surface area contributed by atoms with E-state index in [0.29, 0.717) is 0 Å². The first kappa shape index (κ1) is 16.0.